The summed E-state index contributed by atoms with van der Waals surface area (Å²) in [7, 11) is 0. The second kappa shape index (κ2) is 13.6. The first-order valence-corrected chi connectivity index (χ1v) is 18.1. The predicted octanol–water partition coefficient (Wildman–Crippen LogP) is 13.7. The van der Waals surface area contributed by atoms with Crippen LogP contribution in [0.5, 0.6) is 0 Å². The monoisotopic (exact) mass is 653 g/mol. The van der Waals surface area contributed by atoms with E-state index in [2.05, 4.69) is 193 Å². The van der Waals surface area contributed by atoms with Crippen LogP contribution in [0.2, 0.25) is 0 Å². The Hall–Kier alpha value is -6.18. The zero-order chi connectivity index (χ0) is 34.0. The lowest BCUT2D eigenvalue weighted by atomic mass is 9.92. The first kappa shape index (κ1) is 30.8. The van der Waals surface area contributed by atoms with Crippen molar-refractivity contribution in [2.75, 3.05) is 4.90 Å². The minimum absolute atomic E-state index is 1.10. The van der Waals surface area contributed by atoms with Gasteiger partial charge in [-0.3, -0.25) is 0 Å². The third-order valence-corrected chi connectivity index (χ3v) is 10.4. The maximum absolute atomic E-state index is 2.39. The Balaban J connectivity index is 1.14. The third-order valence-electron chi connectivity index (χ3n) is 10.4. The average Bonchev–Trinajstić information content (AvgIpc) is 3.22. The Bertz CT molecular complexity index is 2380. The molecule has 0 saturated heterocycles. The number of benzene rings is 7. The van der Waals surface area contributed by atoms with E-state index in [-0.39, 0.29) is 0 Å². The number of hydrogen-bond acceptors (Lipinski definition) is 1. The zero-order valence-corrected chi connectivity index (χ0v) is 28.7. The van der Waals surface area contributed by atoms with Gasteiger partial charge in [0, 0.05) is 17.1 Å². The molecule has 0 amide bonds. The molecule has 0 heterocycles. The summed E-state index contributed by atoms with van der Waals surface area (Å²) in [5.74, 6) is 0. The quantitative estimate of drug-likeness (QED) is 0.165. The standard InChI is InChI=1S/C50H39N/c1-3-13-40(14-4-1)49-32-31-48(35-50(49)41-15-5-2-6-16-41)51(46-27-23-38(24-28-46)44-21-19-36-11-7-9-17-42(36)33-44)47-29-25-39(26-30-47)45-22-20-37-12-8-10-18-43(37)34-45/h1-7,10-11,13-16,18-35H,8-9,12,17H2. The number of fused-ring (bicyclic) bond motifs is 2. The van der Waals surface area contributed by atoms with Gasteiger partial charge in [0.2, 0.25) is 0 Å². The summed E-state index contributed by atoms with van der Waals surface area (Å²) in [5, 5.41) is 0. The molecular formula is C50H39N. The van der Waals surface area contributed by atoms with Crippen LogP contribution < -0.4 is 4.90 Å². The van der Waals surface area contributed by atoms with E-state index in [1.54, 1.807) is 0 Å². The van der Waals surface area contributed by atoms with Gasteiger partial charge in [-0.2, -0.15) is 0 Å². The molecule has 0 aromatic heterocycles. The van der Waals surface area contributed by atoms with Crippen molar-refractivity contribution in [3.63, 3.8) is 0 Å². The predicted molar refractivity (Wildman–Crippen MR) is 218 cm³/mol. The zero-order valence-electron chi connectivity index (χ0n) is 28.7. The Kier molecular flexibility index (Phi) is 8.24. The number of hydrogen-bond donors (Lipinski definition) is 0. The first-order valence-electron chi connectivity index (χ1n) is 18.1. The van der Waals surface area contributed by atoms with Crippen LogP contribution >= 0.6 is 0 Å². The first-order chi connectivity index (χ1) is 25.3. The number of anilines is 3. The fraction of sp³-hybridized carbons (Fsp3) is 0.0800. The van der Waals surface area contributed by atoms with Crippen molar-refractivity contribution in [3.05, 3.63) is 198 Å². The molecule has 51 heavy (non-hydrogen) atoms. The van der Waals surface area contributed by atoms with Crippen LogP contribution in [0.4, 0.5) is 17.1 Å². The van der Waals surface area contributed by atoms with Crippen LogP contribution in [-0.2, 0) is 12.8 Å². The van der Waals surface area contributed by atoms with Crippen molar-refractivity contribution in [1.29, 1.82) is 0 Å². The summed E-state index contributed by atoms with van der Waals surface area (Å²) in [6, 6.07) is 60.3. The van der Waals surface area contributed by atoms with E-state index in [0.29, 0.717) is 0 Å². The number of nitrogens with zero attached hydrogens (tertiary/aromatic N) is 1. The van der Waals surface area contributed by atoms with Gasteiger partial charge in [0.25, 0.3) is 0 Å². The summed E-state index contributed by atoms with van der Waals surface area (Å²) in [4.78, 5) is 2.39. The maximum atomic E-state index is 2.39. The molecule has 1 nitrogen and oxygen atoms in total. The molecular weight excluding hydrogens is 615 g/mol. The molecule has 0 bridgehead atoms. The normalized spacial score (nSPS) is 13.0. The summed E-state index contributed by atoms with van der Waals surface area (Å²) in [6.45, 7) is 0. The van der Waals surface area contributed by atoms with Gasteiger partial charge in [0.1, 0.15) is 0 Å². The van der Waals surface area contributed by atoms with Crippen molar-refractivity contribution in [1.82, 2.24) is 0 Å². The van der Waals surface area contributed by atoms with Gasteiger partial charge in [-0.15, -0.1) is 0 Å². The topological polar surface area (TPSA) is 3.24 Å². The lowest BCUT2D eigenvalue weighted by Gasteiger charge is -2.27. The molecule has 2 aliphatic carbocycles. The van der Waals surface area contributed by atoms with Gasteiger partial charge in [-0.1, -0.05) is 146 Å². The highest BCUT2D eigenvalue weighted by molar-refractivity contribution is 5.89. The largest absolute Gasteiger partial charge is 0.310 e. The molecule has 7 aromatic carbocycles. The number of allylic oxidation sites excluding steroid dienone is 2. The number of rotatable bonds is 7. The van der Waals surface area contributed by atoms with E-state index >= 15 is 0 Å². The van der Waals surface area contributed by atoms with E-state index in [9.17, 15) is 0 Å². The SMILES string of the molecule is C1=Cc2cc(-c3ccc(N(c4ccc(-c5ccc6c(c5)CCC=C6)cc4)c4ccc(-c5ccccc5)c(-c5ccccc5)c4)cc3)ccc2CC1. The summed E-state index contributed by atoms with van der Waals surface area (Å²) in [6.07, 6.45) is 13.5. The van der Waals surface area contributed by atoms with Crippen LogP contribution in [0, 0.1) is 0 Å². The molecule has 0 N–H and O–H groups in total. The fourth-order valence-electron chi connectivity index (χ4n) is 7.67. The molecule has 1 heteroatoms. The van der Waals surface area contributed by atoms with Gasteiger partial charge in [0.15, 0.2) is 0 Å². The van der Waals surface area contributed by atoms with E-state index in [1.807, 2.05) is 0 Å². The van der Waals surface area contributed by atoms with Gasteiger partial charge in [-0.25, -0.2) is 0 Å². The highest BCUT2D eigenvalue weighted by atomic mass is 15.1. The van der Waals surface area contributed by atoms with Crippen LogP contribution in [0.3, 0.4) is 0 Å². The van der Waals surface area contributed by atoms with Crippen molar-refractivity contribution in [2.45, 2.75) is 25.7 Å². The fourth-order valence-corrected chi connectivity index (χ4v) is 7.67. The summed E-state index contributed by atoms with van der Waals surface area (Å²) >= 11 is 0. The molecule has 0 spiro atoms. The van der Waals surface area contributed by atoms with Crippen molar-refractivity contribution in [2.24, 2.45) is 0 Å². The van der Waals surface area contributed by atoms with Gasteiger partial charge in [0.05, 0.1) is 0 Å². The average molecular weight is 654 g/mol. The van der Waals surface area contributed by atoms with Crippen LogP contribution in [0.25, 0.3) is 56.7 Å². The maximum Gasteiger partial charge on any atom is 0.0468 e. The van der Waals surface area contributed by atoms with E-state index in [1.165, 1.54) is 66.8 Å². The van der Waals surface area contributed by atoms with Crippen molar-refractivity contribution in [3.8, 4) is 44.5 Å². The molecule has 0 unspecified atom stereocenters. The smallest absolute Gasteiger partial charge is 0.0468 e. The lowest BCUT2D eigenvalue weighted by molar-refractivity contribution is 0.986. The van der Waals surface area contributed by atoms with Crippen LogP contribution in [-0.4, -0.2) is 0 Å². The molecule has 0 saturated carbocycles. The van der Waals surface area contributed by atoms with Crippen LogP contribution in [0.1, 0.15) is 35.1 Å². The van der Waals surface area contributed by atoms with E-state index in [4.69, 9.17) is 0 Å². The Labute approximate surface area is 301 Å². The Morgan fingerprint density at radius 1 is 0.333 bits per heavy atom. The highest BCUT2D eigenvalue weighted by Gasteiger charge is 2.17. The van der Waals surface area contributed by atoms with E-state index in [0.717, 1.165) is 42.7 Å². The third kappa shape index (κ3) is 6.24. The summed E-state index contributed by atoms with van der Waals surface area (Å²) in [5.41, 5.74) is 18.7. The molecule has 7 aromatic rings. The van der Waals surface area contributed by atoms with E-state index < -0.39 is 0 Å². The molecule has 0 aliphatic heterocycles. The number of aryl methyl sites for hydroxylation is 2. The highest BCUT2D eigenvalue weighted by Crippen LogP contribution is 2.42. The minimum Gasteiger partial charge on any atom is -0.310 e. The second-order valence-corrected chi connectivity index (χ2v) is 13.6. The Morgan fingerprint density at radius 3 is 1.53 bits per heavy atom. The molecule has 0 radical (unpaired) electrons. The summed E-state index contributed by atoms with van der Waals surface area (Å²) < 4.78 is 0. The minimum atomic E-state index is 1.10. The second-order valence-electron chi connectivity index (χ2n) is 13.6. The van der Waals surface area contributed by atoms with Gasteiger partial charge in [-0.05, 0) is 135 Å². The van der Waals surface area contributed by atoms with Gasteiger partial charge >= 0.3 is 0 Å². The van der Waals surface area contributed by atoms with Gasteiger partial charge < -0.3 is 4.90 Å². The van der Waals surface area contributed by atoms with Crippen LogP contribution in [0.15, 0.2) is 176 Å². The van der Waals surface area contributed by atoms with Crippen molar-refractivity contribution >= 4 is 29.2 Å². The molecule has 0 atom stereocenters. The molecule has 9 rings (SSSR count). The molecule has 2 aliphatic rings. The molecule has 244 valence electrons. The Morgan fingerprint density at radius 2 is 0.863 bits per heavy atom. The molecule has 0 fully saturated rings. The van der Waals surface area contributed by atoms with Crippen molar-refractivity contribution < 1.29 is 0 Å². The lowest BCUT2D eigenvalue weighted by Crippen LogP contribution is -2.10.